The fourth-order valence-corrected chi connectivity index (χ4v) is 3.28. The van der Waals surface area contributed by atoms with Crippen molar-refractivity contribution in [1.82, 2.24) is 10.2 Å². The molecule has 2 aliphatic rings. The third kappa shape index (κ3) is 5.38. The molecule has 0 spiro atoms. The second kappa shape index (κ2) is 8.21. The number of hydrogen-bond donors (Lipinski definition) is 2. The number of carboxylic acids is 1. The van der Waals surface area contributed by atoms with Gasteiger partial charge in [-0.1, -0.05) is 0 Å². The van der Waals surface area contributed by atoms with Gasteiger partial charge in [-0.2, -0.15) is 0 Å². The predicted octanol–water partition coefficient (Wildman–Crippen LogP) is 2.18. The van der Waals surface area contributed by atoms with Crippen molar-refractivity contribution in [2.75, 3.05) is 13.1 Å². The van der Waals surface area contributed by atoms with Gasteiger partial charge in [0.15, 0.2) is 17.7 Å². The number of aliphatic carboxylic acids is 1. The lowest BCUT2D eigenvalue weighted by Gasteiger charge is -2.43. The van der Waals surface area contributed by atoms with Gasteiger partial charge in [-0.3, -0.25) is 14.5 Å². The number of hydrogen-bond acceptors (Lipinski definition) is 4. The lowest BCUT2D eigenvalue weighted by Crippen LogP contribution is -2.56. The molecule has 0 aliphatic heterocycles. The number of benzene rings is 1. The third-order valence-corrected chi connectivity index (χ3v) is 5.08. The minimum atomic E-state index is -1.03. The van der Waals surface area contributed by atoms with E-state index in [1.807, 2.05) is 4.90 Å². The summed E-state index contributed by atoms with van der Waals surface area (Å²) >= 11 is 0. The average molecular weight is 382 g/mol. The number of carbonyl (C=O) groups is 2. The summed E-state index contributed by atoms with van der Waals surface area (Å²) < 4.78 is 31.5. The van der Waals surface area contributed by atoms with Gasteiger partial charge in [-0.05, 0) is 50.7 Å². The van der Waals surface area contributed by atoms with Gasteiger partial charge in [0, 0.05) is 24.7 Å². The van der Waals surface area contributed by atoms with Crippen LogP contribution in [0, 0.1) is 17.6 Å². The first-order valence-corrected chi connectivity index (χ1v) is 9.19. The van der Waals surface area contributed by atoms with Crippen molar-refractivity contribution in [3.8, 4) is 5.75 Å². The number of carboxylic acid groups (broad SMARTS) is 1. The summed E-state index contributed by atoms with van der Waals surface area (Å²) in [4.78, 5) is 25.3. The van der Waals surface area contributed by atoms with E-state index >= 15 is 0 Å². The molecule has 8 heteroatoms. The Hall–Kier alpha value is -2.22. The zero-order valence-electron chi connectivity index (χ0n) is 15.2. The Balaban J connectivity index is 1.44. The molecule has 0 aromatic heterocycles. The minimum Gasteiger partial charge on any atom is -0.481 e. The molecule has 0 heterocycles. The quantitative estimate of drug-likeness (QED) is 0.684. The molecule has 2 aliphatic carbocycles. The maximum Gasteiger partial charge on any atom is 0.317 e. The normalized spacial score (nSPS) is 22.8. The summed E-state index contributed by atoms with van der Waals surface area (Å²) in [5, 5.41) is 11.9. The highest BCUT2D eigenvalue weighted by molar-refractivity contribution is 5.81. The predicted molar refractivity (Wildman–Crippen MR) is 93.3 cm³/mol. The van der Waals surface area contributed by atoms with Crippen LogP contribution >= 0.6 is 0 Å². The number of amides is 1. The Morgan fingerprint density at radius 1 is 1.30 bits per heavy atom. The Morgan fingerprint density at radius 2 is 2.00 bits per heavy atom. The molecule has 0 bridgehead atoms. The van der Waals surface area contributed by atoms with Crippen molar-refractivity contribution < 1.29 is 28.2 Å². The first kappa shape index (κ1) is 19.5. The summed E-state index contributed by atoms with van der Waals surface area (Å²) in [6.45, 7) is 2.36. The van der Waals surface area contributed by atoms with E-state index in [-0.39, 0.29) is 30.3 Å². The smallest absolute Gasteiger partial charge is 0.317 e. The fourth-order valence-electron chi connectivity index (χ4n) is 3.28. The molecular formula is C19H24F2N2O4. The van der Waals surface area contributed by atoms with Crippen molar-refractivity contribution in [2.45, 2.75) is 50.8 Å². The van der Waals surface area contributed by atoms with E-state index in [1.54, 1.807) is 0 Å². The van der Waals surface area contributed by atoms with E-state index in [4.69, 9.17) is 9.84 Å². The second-order valence-corrected chi connectivity index (χ2v) is 7.43. The SMILES string of the molecule is CC(Oc1ccc(F)c(F)c1)C(=O)NC1CC(N(CC(=O)O)CC2CC2)C1. The van der Waals surface area contributed by atoms with Gasteiger partial charge in [0.25, 0.3) is 5.91 Å². The maximum absolute atomic E-state index is 13.2. The van der Waals surface area contributed by atoms with Crippen LogP contribution in [0.25, 0.3) is 0 Å². The van der Waals surface area contributed by atoms with Crippen LogP contribution in [0.2, 0.25) is 0 Å². The number of carbonyl (C=O) groups excluding carboxylic acids is 1. The Morgan fingerprint density at radius 3 is 2.59 bits per heavy atom. The van der Waals surface area contributed by atoms with Gasteiger partial charge in [-0.15, -0.1) is 0 Å². The van der Waals surface area contributed by atoms with E-state index in [9.17, 15) is 18.4 Å². The van der Waals surface area contributed by atoms with E-state index < -0.39 is 23.7 Å². The third-order valence-electron chi connectivity index (χ3n) is 5.08. The maximum atomic E-state index is 13.2. The molecule has 2 fully saturated rings. The number of nitrogens with zero attached hydrogens (tertiary/aromatic N) is 1. The van der Waals surface area contributed by atoms with Crippen LogP contribution < -0.4 is 10.1 Å². The van der Waals surface area contributed by atoms with Crippen LogP contribution in [0.3, 0.4) is 0 Å². The number of ether oxygens (including phenoxy) is 1. The highest BCUT2D eigenvalue weighted by Crippen LogP contribution is 2.33. The van der Waals surface area contributed by atoms with Crippen LogP contribution in [0.5, 0.6) is 5.75 Å². The summed E-state index contributed by atoms with van der Waals surface area (Å²) in [7, 11) is 0. The van der Waals surface area contributed by atoms with Gasteiger partial charge in [0.2, 0.25) is 0 Å². The molecule has 2 N–H and O–H groups in total. The van der Waals surface area contributed by atoms with E-state index in [1.165, 1.54) is 13.0 Å². The van der Waals surface area contributed by atoms with Gasteiger partial charge < -0.3 is 15.2 Å². The molecule has 6 nitrogen and oxygen atoms in total. The van der Waals surface area contributed by atoms with Gasteiger partial charge >= 0.3 is 5.97 Å². The molecule has 1 unspecified atom stereocenters. The van der Waals surface area contributed by atoms with Crippen molar-refractivity contribution in [2.24, 2.45) is 5.92 Å². The minimum absolute atomic E-state index is 0.0253. The van der Waals surface area contributed by atoms with Crippen LogP contribution in [-0.4, -0.2) is 53.2 Å². The molecule has 1 aromatic rings. The lowest BCUT2D eigenvalue weighted by atomic mass is 9.85. The van der Waals surface area contributed by atoms with Gasteiger partial charge in [-0.25, -0.2) is 8.78 Å². The Bertz CT molecular complexity index is 705. The summed E-state index contributed by atoms with van der Waals surface area (Å²) in [5.41, 5.74) is 0. The highest BCUT2D eigenvalue weighted by atomic mass is 19.2. The second-order valence-electron chi connectivity index (χ2n) is 7.43. The fraction of sp³-hybridized carbons (Fsp3) is 0.579. The van der Waals surface area contributed by atoms with Crippen LogP contribution in [0.1, 0.15) is 32.6 Å². The van der Waals surface area contributed by atoms with Crippen LogP contribution in [0.15, 0.2) is 18.2 Å². The number of rotatable bonds is 9. The zero-order valence-corrected chi connectivity index (χ0v) is 15.2. The van der Waals surface area contributed by atoms with Crippen molar-refractivity contribution >= 4 is 11.9 Å². The molecule has 1 aromatic carbocycles. The number of halogens is 2. The summed E-state index contributed by atoms with van der Waals surface area (Å²) in [6.07, 6.45) is 2.85. The largest absolute Gasteiger partial charge is 0.481 e. The molecule has 2 saturated carbocycles. The molecule has 0 saturated heterocycles. The Labute approximate surface area is 156 Å². The molecule has 1 amide bonds. The van der Waals surface area contributed by atoms with Crippen molar-refractivity contribution in [3.63, 3.8) is 0 Å². The van der Waals surface area contributed by atoms with Gasteiger partial charge in [0.05, 0.1) is 6.54 Å². The number of nitrogens with one attached hydrogen (secondary N) is 1. The van der Waals surface area contributed by atoms with E-state index in [2.05, 4.69) is 5.32 Å². The van der Waals surface area contributed by atoms with E-state index in [0.29, 0.717) is 18.8 Å². The molecule has 1 atom stereocenters. The molecular weight excluding hydrogens is 358 g/mol. The van der Waals surface area contributed by atoms with Crippen LogP contribution in [-0.2, 0) is 9.59 Å². The standard InChI is InChI=1S/C19H24F2N2O4/c1-11(27-15-4-5-16(20)17(21)8-15)19(26)22-13-6-14(7-13)23(10-18(24)25)9-12-2-3-12/h4-5,8,11-14H,2-3,6-7,9-10H2,1H3,(H,22,26)(H,24,25). The molecule has 148 valence electrons. The summed E-state index contributed by atoms with van der Waals surface area (Å²) in [6, 6.07) is 3.25. The molecule has 27 heavy (non-hydrogen) atoms. The molecule has 3 rings (SSSR count). The summed E-state index contributed by atoms with van der Waals surface area (Å²) in [5.74, 6) is -2.50. The average Bonchev–Trinajstić information content (AvgIpc) is 3.36. The van der Waals surface area contributed by atoms with Crippen molar-refractivity contribution in [1.29, 1.82) is 0 Å². The zero-order chi connectivity index (χ0) is 19.6. The molecule has 0 radical (unpaired) electrons. The van der Waals surface area contributed by atoms with Crippen LogP contribution in [0.4, 0.5) is 8.78 Å². The monoisotopic (exact) mass is 382 g/mol. The topological polar surface area (TPSA) is 78.9 Å². The lowest BCUT2D eigenvalue weighted by molar-refractivity contribution is -0.140. The highest BCUT2D eigenvalue weighted by Gasteiger charge is 2.38. The Kier molecular flexibility index (Phi) is 5.94. The first-order chi connectivity index (χ1) is 12.8. The van der Waals surface area contributed by atoms with Gasteiger partial charge in [0.1, 0.15) is 5.75 Å². The first-order valence-electron chi connectivity index (χ1n) is 9.19. The van der Waals surface area contributed by atoms with E-state index in [0.717, 1.165) is 31.5 Å². The van der Waals surface area contributed by atoms with Crippen molar-refractivity contribution in [3.05, 3.63) is 29.8 Å².